The summed E-state index contributed by atoms with van der Waals surface area (Å²) >= 11 is 0. The highest BCUT2D eigenvalue weighted by Gasteiger charge is 2.35. The second-order valence-corrected chi connectivity index (χ2v) is 6.98. The van der Waals surface area contributed by atoms with Crippen LogP contribution in [-0.4, -0.2) is 33.9 Å². The first-order valence-electron chi connectivity index (χ1n) is 9.75. The summed E-state index contributed by atoms with van der Waals surface area (Å²) in [5.74, 6) is -0.688. The van der Waals surface area contributed by atoms with Crippen molar-refractivity contribution in [2.24, 2.45) is 0 Å². The van der Waals surface area contributed by atoms with Gasteiger partial charge in [0.1, 0.15) is 5.75 Å². The molecule has 2 aromatic heterocycles. The van der Waals surface area contributed by atoms with E-state index < -0.39 is 29.8 Å². The fraction of sp³-hybridized carbons (Fsp3) is 0.136. The molecule has 2 N–H and O–H groups in total. The molecule has 34 heavy (non-hydrogen) atoms. The second kappa shape index (κ2) is 8.96. The SMILES string of the molecule is CNC(=O)c1ccc(Nc2nccn3c(-c4ccc(OC(F)F)cc4)cnc23)cc1C(F)(F)F. The molecule has 0 bridgehead atoms. The summed E-state index contributed by atoms with van der Waals surface area (Å²) < 4.78 is 71.3. The Hall–Kier alpha value is -4.22. The normalized spacial score (nSPS) is 11.6. The number of nitrogens with zero attached hydrogens (tertiary/aromatic N) is 3. The number of carbonyl (C=O) groups is 1. The second-order valence-electron chi connectivity index (χ2n) is 6.98. The van der Waals surface area contributed by atoms with Gasteiger partial charge in [-0.2, -0.15) is 22.0 Å². The van der Waals surface area contributed by atoms with Crippen LogP contribution in [0, 0.1) is 0 Å². The van der Waals surface area contributed by atoms with Gasteiger partial charge in [0.05, 0.1) is 23.0 Å². The first-order chi connectivity index (χ1) is 16.2. The van der Waals surface area contributed by atoms with Crippen LogP contribution < -0.4 is 15.4 Å². The number of hydrogen-bond acceptors (Lipinski definition) is 5. The van der Waals surface area contributed by atoms with E-state index in [2.05, 4.69) is 25.3 Å². The maximum absolute atomic E-state index is 13.5. The van der Waals surface area contributed by atoms with Crippen molar-refractivity contribution >= 4 is 23.1 Å². The van der Waals surface area contributed by atoms with E-state index in [0.29, 0.717) is 16.9 Å². The number of rotatable bonds is 6. The van der Waals surface area contributed by atoms with Crippen LogP contribution >= 0.6 is 0 Å². The number of hydrogen-bond donors (Lipinski definition) is 2. The van der Waals surface area contributed by atoms with Crippen molar-refractivity contribution in [3.63, 3.8) is 0 Å². The van der Waals surface area contributed by atoms with Crippen LogP contribution in [0.4, 0.5) is 33.5 Å². The van der Waals surface area contributed by atoms with Gasteiger partial charge in [0, 0.05) is 30.7 Å². The fourth-order valence-electron chi connectivity index (χ4n) is 3.35. The lowest BCUT2D eigenvalue weighted by atomic mass is 10.1. The standard InChI is InChI=1S/C22H16F5N5O2/c1-28-20(33)15-7-4-13(10-16(15)22(25,26)27)31-18-19-30-11-17(32(19)9-8-29-18)12-2-5-14(6-3-12)34-21(23)24/h2-11,21H,1H3,(H,28,33)(H,29,31). The summed E-state index contributed by atoms with van der Waals surface area (Å²) in [5, 5.41) is 5.00. The third-order valence-electron chi connectivity index (χ3n) is 4.86. The molecule has 4 aromatic rings. The summed E-state index contributed by atoms with van der Waals surface area (Å²) in [4.78, 5) is 20.3. The van der Waals surface area contributed by atoms with Gasteiger partial charge in [-0.15, -0.1) is 0 Å². The van der Waals surface area contributed by atoms with Crippen LogP contribution in [0.3, 0.4) is 0 Å². The largest absolute Gasteiger partial charge is 0.435 e. The topological polar surface area (TPSA) is 80.6 Å². The maximum Gasteiger partial charge on any atom is 0.417 e. The first-order valence-corrected chi connectivity index (χ1v) is 9.75. The maximum atomic E-state index is 13.5. The molecule has 2 heterocycles. The number of ether oxygens (including phenoxy) is 1. The average molecular weight is 477 g/mol. The summed E-state index contributed by atoms with van der Waals surface area (Å²) in [6, 6.07) is 9.13. The Labute approximate surface area is 189 Å². The molecule has 0 saturated heterocycles. The van der Waals surface area contributed by atoms with Crippen LogP contribution in [0.5, 0.6) is 5.75 Å². The van der Waals surface area contributed by atoms with E-state index in [-0.39, 0.29) is 17.3 Å². The number of fused-ring (bicyclic) bond motifs is 1. The number of alkyl halides is 5. The molecular weight excluding hydrogens is 461 g/mol. The minimum absolute atomic E-state index is 0.00253. The van der Waals surface area contributed by atoms with Crippen LogP contribution in [0.1, 0.15) is 15.9 Å². The molecule has 0 aliphatic heterocycles. The molecule has 4 rings (SSSR count). The van der Waals surface area contributed by atoms with E-state index in [9.17, 15) is 26.7 Å². The molecule has 176 valence electrons. The summed E-state index contributed by atoms with van der Waals surface area (Å²) in [7, 11) is 1.24. The van der Waals surface area contributed by atoms with Crippen LogP contribution in [0.2, 0.25) is 0 Å². The van der Waals surface area contributed by atoms with Crippen molar-refractivity contribution in [3.05, 3.63) is 72.2 Å². The molecule has 1 amide bonds. The van der Waals surface area contributed by atoms with Crippen LogP contribution in [-0.2, 0) is 6.18 Å². The predicted molar refractivity (Wildman–Crippen MR) is 113 cm³/mol. The van der Waals surface area contributed by atoms with Crippen molar-refractivity contribution in [3.8, 4) is 17.0 Å². The van der Waals surface area contributed by atoms with Gasteiger partial charge < -0.3 is 15.4 Å². The van der Waals surface area contributed by atoms with Crippen molar-refractivity contribution in [1.82, 2.24) is 19.7 Å². The Bertz CT molecular complexity index is 1340. The number of anilines is 2. The van der Waals surface area contributed by atoms with Crippen molar-refractivity contribution in [2.45, 2.75) is 12.8 Å². The Balaban J connectivity index is 1.68. The lowest BCUT2D eigenvalue weighted by Crippen LogP contribution is -2.22. The lowest BCUT2D eigenvalue weighted by Gasteiger charge is -2.14. The number of aromatic nitrogens is 3. The number of imidazole rings is 1. The zero-order chi connectivity index (χ0) is 24.5. The molecule has 0 fully saturated rings. The number of benzene rings is 2. The zero-order valence-electron chi connectivity index (χ0n) is 17.4. The Morgan fingerprint density at radius 1 is 1.09 bits per heavy atom. The lowest BCUT2D eigenvalue weighted by molar-refractivity contribution is -0.137. The molecule has 0 atom stereocenters. The van der Waals surface area contributed by atoms with Gasteiger partial charge in [0.2, 0.25) is 0 Å². The fourth-order valence-corrected chi connectivity index (χ4v) is 3.35. The number of amides is 1. The number of nitrogens with one attached hydrogen (secondary N) is 2. The quantitative estimate of drug-likeness (QED) is 0.377. The Morgan fingerprint density at radius 2 is 1.82 bits per heavy atom. The third-order valence-corrected chi connectivity index (χ3v) is 4.86. The zero-order valence-corrected chi connectivity index (χ0v) is 17.4. The highest BCUT2D eigenvalue weighted by molar-refractivity contribution is 5.96. The van der Waals surface area contributed by atoms with Crippen LogP contribution in [0.25, 0.3) is 16.9 Å². The van der Waals surface area contributed by atoms with Gasteiger partial charge >= 0.3 is 12.8 Å². The smallest absolute Gasteiger partial charge is 0.417 e. The minimum Gasteiger partial charge on any atom is -0.435 e. The molecule has 0 aliphatic rings. The molecule has 0 radical (unpaired) electrons. The van der Waals surface area contributed by atoms with E-state index in [1.54, 1.807) is 22.7 Å². The third kappa shape index (κ3) is 4.60. The van der Waals surface area contributed by atoms with Gasteiger partial charge in [-0.05, 0) is 42.5 Å². The van der Waals surface area contributed by atoms with Crippen LogP contribution in [0.15, 0.2) is 61.1 Å². The van der Waals surface area contributed by atoms with Gasteiger partial charge in [0.25, 0.3) is 5.91 Å². The molecule has 2 aromatic carbocycles. The first kappa shape index (κ1) is 23.0. The van der Waals surface area contributed by atoms with Crippen molar-refractivity contribution < 1.29 is 31.5 Å². The van der Waals surface area contributed by atoms with Gasteiger partial charge in [0.15, 0.2) is 11.5 Å². The van der Waals surface area contributed by atoms with Gasteiger partial charge in [-0.1, -0.05) is 0 Å². The Morgan fingerprint density at radius 3 is 2.47 bits per heavy atom. The Kier molecular flexibility index (Phi) is 6.05. The van der Waals surface area contributed by atoms with Crippen molar-refractivity contribution in [1.29, 1.82) is 0 Å². The monoisotopic (exact) mass is 477 g/mol. The number of carbonyl (C=O) groups excluding carboxylic acids is 1. The average Bonchev–Trinajstić information content (AvgIpc) is 3.23. The summed E-state index contributed by atoms with van der Waals surface area (Å²) in [6.07, 6.45) is -0.207. The molecular formula is C22H16F5N5O2. The van der Waals surface area contributed by atoms with E-state index in [0.717, 1.165) is 12.1 Å². The number of halogens is 5. The molecule has 0 spiro atoms. The summed E-state index contributed by atoms with van der Waals surface area (Å²) in [6.45, 7) is -2.94. The summed E-state index contributed by atoms with van der Waals surface area (Å²) in [5.41, 5.74) is -0.00320. The molecule has 7 nitrogen and oxygen atoms in total. The van der Waals surface area contributed by atoms with Crippen molar-refractivity contribution in [2.75, 3.05) is 12.4 Å². The predicted octanol–water partition coefficient (Wildman–Crippen LogP) is 5.12. The highest BCUT2D eigenvalue weighted by Crippen LogP contribution is 2.35. The molecule has 0 saturated carbocycles. The highest BCUT2D eigenvalue weighted by atomic mass is 19.4. The van der Waals surface area contributed by atoms with E-state index in [1.165, 1.54) is 37.6 Å². The molecule has 0 aliphatic carbocycles. The molecule has 0 unspecified atom stereocenters. The molecule has 12 heteroatoms. The van der Waals surface area contributed by atoms with Gasteiger partial charge in [-0.25, -0.2) is 9.97 Å². The van der Waals surface area contributed by atoms with E-state index >= 15 is 0 Å². The van der Waals surface area contributed by atoms with Gasteiger partial charge in [-0.3, -0.25) is 9.20 Å². The van der Waals surface area contributed by atoms with E-state index in [4.69, 9.17) is 0 Å². The minimum atomic E-state index is -4.75. The van der Waals surface area contributed by atoms with E-state index in [1.807, 2.05) is 0 Å².